The van der Waals surface area contributed by atoms with E-state index >= 15 is 4.39 Å². The lowest BCUT2D eigenvalue weighted by molar-refractivity contribution is -0.117. The van der Waals surface area contributed by atoms with Gasteiger partial charge >= 0.3 is 6.09 Å². The number of hydrogen-bond acceptors (Lipinski definition) is 7. The largest absolute Gasteiger partial charge is 0.449 e. The van der Waals surface area contributed by atoms with E-state index in [1.807, 2.05) is 0 Å². The van der Waals surface area contributed by atoms with Crippen LogP contribution >= 0.6 is 11.6 Å². The van der Waals surface area contributed by atoms with Gasteiger partial charge in [0.15, 0.2) is 0 Å². The fourth-order valence-electron chi connectivity index (χ4n) is 4.48. The highest BCUT2D eigenvalue weighted by molar-refractivity contribution is 6.30. The van der Waals surface area contributed by atoms with E-state index in [1.165, 1.54) is 11.0 Å². The maximum atomic E-state index is 15.7. The predicted molar refractivity (Wildman–Crippen MR) is 137 cm³/mol. The van der Waals surface area contributed by atoms with Crippen LogP contribution in [-0.2, 0) is 19.9 Å². The first-order valence-electron chi connectivity index (χ1n) is 12.2. The van der Waals surface area contributed by atoms with Crippen LogP contribution in [-0.4, -0.2) is 60.7 Å². The Bertz CT molecular complexity index is 1390. The van der Waals surface area contributed by atoms with Crippen molar-refractivity contribution in [1.29, 1.82) is 0 Å². The number of anilines is 1. The normalized spacial score (nSPS) is 19.2. The molecule has 208 valence electrons. The zero-order valence-corrected chi connectivity index (χ0v) is 21.8. The third kappa shape index (κ3) is 6.28. The number of nitrogens with zero attached hydrogens (tertiary/aromatic N) is 2. The molecule has 13 heteroatoms. The van der Waals surface area contributed by atoms with Gasteiger partial charge in [-0.15, -0.1) is 0 Å². The van der Waals surface area contributed by atoms with Gasteiger partial charge in [0.25, 0.3) is 5.91 Å². The van der Waals surface area contributed by atoms with Gasteiger partial charge in [0.05, 0.1) is 24.7 Å². The van der Waals surface area contributed by atoms with E-state index in [0.717, 1.165) is 6.20 Å². The average molecular weight is 565 g/mol. The molecule has 10 nitrogen and oxygen atoms in total. The van der Waals surface area contributed by atoms with Crippen LogP contribution < -0.4 is 11.1 Å². The number of amides is 3. The zero-order chi connectivity index (χ0) is 28.2. The van der Waals surface area contributed by atoms with Crippen LogP contribution in [0.15, 0.2) is 40.9 Å². The number of nitrogens with two attached hydrogens (primary N) is 1. The van der Waals surface area contributed by atoms with Crippen molar-refractivity contribution in [2.75, 3.05) is 38.2 Å². The summed E-state index contributed by atoms with van der Waals surface area (Å²) in [5, 5.41) is 3.29. The molecule has 4 rings (SSSR count). The summed E-state index contributed by atoms with van der Waals surface area (Å²) in [5.41, 5.74) is 3.71. The minimum atomic E-state index is -2.02. The Morgan fingerprint density at radius 3 is 2.79 bits per heavy atom. The summed E-state index contributed by atoms with van der Waals surface area (Å²) in [7, 11) is 0. The number of benzene rings is 1. The number of carbonyl (C=O) groups excluding carboxylic acids is 3. The van der Waals surface area contributed by atoms with E-state index in [-0.39, 0.29) is 67.8 Å². The number of fused-ring (bicyclic) bond motifs is 1. The van der Waals surface area contributed by atoms with Gasteiger partial charge in [-0.1, -0.05) is 30.7 Å². The van der Waals surface area contributed by atoms with Gasteiger partial charge in [-0.3, -0.25) is 9.59 Å². The maximum absolute atomic E-state index is 15.7. The molecule has 3 N–H and O–H groups in total. The van der Waals surface area contributed by atoms with E-state index < -0.39 is 35.4 Å². The van der Waals surface area contributed by atoms with E-state index in [0.29, 0.717) is 11.0 Å². The Balaban J connectivity index is 1.18. The van der Waals surface area contributed by atoms with Crippen LogP contribution in [0.2, 0.25) is 5.02 Å². The monoisotopic (exact) mass is 564 g/mol. The summed E-state index contributed by atoms with van der Waals surface area (Å²) in [6.07, 6.45) is 0.275. The third-order valence-electron chi connectivity index (χ3n) is 6.54. The number of primary amides is 1. The van der Waals surface area contributed by atoms with Crippen molar-refractivity contribution in [3.63, 3.8) is 0 Å². The highest BCUT2D eigenvalue weighted by Gasteiger charge is 2.46. The zero-order valence-electron chi connectivity index (χ0n) is 21.0. The van der Waals surface area contributed by atoms with E-state index in [4.69, 9.17) is 31.2 Å². The number of hydrogen-bond donors (Lipinski definition) is 2. The minimum absolute atomic E-state index is 0.0122. The number of carbonyl (C=O) groups is 3. The molecule has 0 bridgehead atoms. The van der Waals surface area contributed by atoms with Crippen LogP contribution in [0.1, 0.15) is 35.9 Å². The van der Waals surface area contributed by atoms with Crippen molar-refractivity contribution in [3.05, 3.63) is 58.8 Å². The van der Waals surface area contributed by atoms with Gasteiger partial charge in [-0.05, 0) is 18.2 Å². The molecular formula is C26H27ClF2N4O6. The topological polar surface area (TPSA) is 137 Å². The van der Waals surface area contributed by atoms with E-state index in [2.05, 4.69) is 10.3 Å². The number of likely N-dealkylation sites (tertiary alicyclic amines) is 1. The van der Waals surface area contributed by atoms with E-state index in [1.54, 1.807) is 31.2 Å². The molecular weight excluding hydrogens is 538 g/mol. The van der Waals surface area contributed by atoms with Gasteiger partial charge in [0.2, 0.25) is 17.6 Å². The number of nitrogens with one attached hydrogen (secondary N) is 1. The van der Waals surface area contributed by atoms with E-state index in [9.17, 15) is 18.8 Å². The summed E-state index contributed by atoms with van der Waals surface area (Å²) >= 11 is 5.87. The molecule has 0 saturated carbocycles. The van der Waals surface area contributed by atoms with Gasteiger partial charge in [0.1, 0.15) is 23.5 Å². The second kappa shape index (κ2) is 12.0. The number of furan rings is 1. The molecule has 3 heterocycles. The molecule has 0 spiro atoms. The lowest BCUT2D eigenvalue weighted by Gasteiger charge is -2.41. The summed E-state index contributed by atoms with van der Waals surface area (Å²) in [5.74, 6) is -3.05. The Labute approximate surface area is 227 Å². The Kier molecular flexibility index (Phi) is 8.66. The van der Waals surface area contributed by atoms with Crippen molar-refractivity contribution >= 4 is 46.2 Å². The molecule has 3 amide bonds. The number of alkyl halides is 1. The third-order valence-corrected chi connectivity index (χ3v) is 6.75. The molecule has 1 aliphatic rings. The molecule has 1 saturated heterocycles. The Morgan fingerprint density at radius 2 is 2.05 bits per heavy atom. The van der Waals surface area contributed by atoms with Gasteiger partial charge in [-0.25, -0.2) is 14.2 Å². The van der Waals surface area contributed by atoms with Crippen LogP contribution in [0.3, 0.4) is 0 Å². The number of ether oxygens (including phenoxy) is 2. The number of pyridine rings is 1. The summed E-state index contributed by atoms with van der Waals surface area (Å²) in [6.45, 7) is 1.57. The lowest BCUT2D eigenvalue weighted by Crippen LogP contribution is -2.49. The highest BCUT2D eigenvalue weighted by atomic mass is 35.5. The fourth-order valence-corrected chi connectivity index (χ4v) is 4.64. The standard InChI is InChI=1S/C26H27ClF2N4O6/c1-15-14-33(8-7-26(15,29)18-12-16(27)13-31-23(18)28)25(36)38-11-10-37-9-6-20(34)32-21-17-4-2-3-5-19(17)39-22(21)24(30)35/h2-5,12-13,15H,6-11,14H2,1H3,(H2,30,35)(H,32,34)/t15-,26+/m0/s1. The molecule has 0 unspecified atom stereocenters. The molecule has 0 aliphatic carbocycles. The van der Waals surface area contributed by atoms with Crippen molar-refractivity contribution in [2.45, 2.75) is 25.4 Å². The molecule has 2 atom stereocenters. The van der Waals surface area contributed by atoms with Crippen molar-refractivity contribution in [3.8, 4) is 0 Å². The second-order valence-corrected chi connectivity index (χ2v) is 9.58. The summed E-state index contributed by atoms with van der Waals surface area (Å²) in [4.78, 5) is 41.3. The lowest BCUT2D eigenvalue weighted by atomic mass is 9.79. The molecule has 1 aliphatic heterocycles. The van der Waals surface area contributed by atoms with Gasteiger partial charge in [-0.2, -0.15) is 4.39 Å². The predicted octanol–water partition coefficient (Wildman–Crippen LogP) is 4.41. The number of rotatable bonds is 9. The average Bonchev–Trinajstić information content (AvgIpc) is 3.27. The molecule has 1 aromatic carbocycles. The Morgan fingerprint density at radius 1 is 1.28 bits per heavy atom. The molecule has 39 heavy (non-hydrogen) atoms. The molecule has 2 aromatic heterocycles. The van der Waals surface area contributed by atoms with Crippen LogP contribution in [0.5, 0.6) is 0 Å². The fraction of sp³-hybridized carbons (Fsp3) is 0.385. The van der Waals surface area contributed by atoms with Crippen molar-refractivity contribution in [2.24, 2.45) is 11.7 Å². The first kappa shape index (κ1) is 28.2. The van der Waals surface area contributed by atoms with Crippen molar-refractivity contribution in [1.82, 2.24) is 9.88 Å². The highest BCUT2D eigenvalue weighted by Crippen LogP contribution is 2.42. The van der Waals surface area contributed by atoms with Crippen LogP contribution in [0, 0.1) is 11.9 Å². The number of aromatic nitrogens is 1. The van der Waals surface area contributed by atoms with Gasteiger partial charge < -0.3 is 29.8 Å². The molecule has 3 aromatic rings. The number of piperidine rings is 1. The molecule has 1 fully saturated rings. The Hall–Kier alpha value is -3.77. The van der Waals surface area contributed by atoms with Gasteiger partial charge in [0, 0.05) is 42.6 Å². The SMILES string of the molecule is C[C@H]1CN(C(=O)OCCOCCC(=O)Nc2c(C(N)=O)oc3ccccc23)CC[C@]1(F)c1cc(Cl)cnc1F. The first-order valence-corrected chi connectivity index (χ1v) is 12.6. The maximum Gasteiger partial charge on any atom is 0.409 e. The second-order valence-electron chi connectivity index (χ2n) is 9.14. The number of halogens is 3. The summed E-state index contributed by atoms with van der Waals surface area (Å²) < 4.78 is 45.9. The summed E-state index contributed by atoms with van der Waals surface area (Å²) in [6, 6.07) is 8.02. The quantitative estimate of drug-likeness (QED) is 0.290. The minimum Gasteiger partial charge on any atom is -0.449 e. The van der Waals surface area contributed by atoms with Crippen LogP contribution in [0.25, 0.3) is 11.0 Å². The molecule has 0 radical (unpaired) electrons. The van der Waals surface area contributed by atoms with Crippen molar-refractivity contribution < 1.29 is 37.1 Å². The van der Waals surface area contributed by atoms with Crippen LogP contribution in [0.4, 0.5) is 19.3 Å². The first-order chi connectivity index (χ1) is 18.6. The number of para-hydroxylation sites is 1. The smallest absolute Gasteiger partial charge is 0.409 e.